The standard InChI is InChI=1S/C16H19N3O5S2/c1-19(2)15-9-8-13(26(17,23)24)10-14(15)18-16(20)11-4-6-12(7-5-11)25(3,21)22/h4-10H,1-3H3,(H,18,20)(H2,17,23,24). The number of anilines is 2. The molecule has 0 aliphatic rings. The van der Waals surface area contributed by atoms with Gasteiger partial charge in [-0.15, -0.1) is 0 Å². The zero-order valence-electron chi connectivity index (χ0n) is 14.4. The predicted octanol–water partition coefficient (Wildman–Crippen LogP) is 1.06. The SMILES string of the molecule is CN(C)c1ccc(S(N)(=O)=O)cc1NC(=O)c1ccc(S(C)(=O)=O)cc1. The molecule has 0 aromatic heterocycles. The van der Waals surface area contributed by atoms with Gasteiger partial charge in [-0.3, -0.25) is 4.79 Å². The summed E-state index contributed by atoms with van der Waals surface area (Å²) in [5, 5.41) is 7.77. The van der Waals surface area contributed by atoms with E-state index in [4.69, 9.17) is 5.14 Å². The molecule has 0 unspecified atom stereocenters. The number of nitrogens with two attached hydrogens (primary N) is 1. The van der Waals surface area contributed by atoms with E-state index in [9.17, 15) is 21.6 Å². The molecule has 140 valence electrons. The number of sulfonamides is 1. The number of amides is 1. The summed E-state index contributed by atoms with van der Waals surface area (Å²) in [6, 6.07) is 9.57. The second-order valence-electron chi connectivity index (χ2n) is 5.87. The van der Waals surface area contributed by atoms with Crippen molar-refractivity contribution in [1.82, 2.24) is 0 Å². The summed E-state index contributed by atoms with van der Waals surface area (Å²) in [4.78, 5) is 14.1. The molecule has 1 amide bonds. The minimum Gasteiger partial charge on any atom is -0.376 e. The van der Waals surface area contributed by atoms with E-state index in [1.54, 1.807) is 19.0 Å². The van der Waals surface area contributed by atoms with Crippen molar-refractivity contribution in [3.63, 3.8) is 0 Å². The number of rotatable bonds is 5. The Hall–Kier alpha value is -2.43. The van der Waals surface area contributed by atoms with Crippen LogP contribution >= 0.6 is 0 Å². The molecule has 0 bridgehead atoms. The predicted molar refractivity (Wildman–Crippen MR) is 99.6 cm³/mol. The first-order chi connectivity index (χ1) is 11.9. The molecule has 0 aliphatic carbocycles. The van der Waals surface area contributed by atoms with Gasteiger partial charge in [0.1, 0.15) is 0 Å². The van der Waals surface area contributed by atoms with Crippen LogP contribution in [0.25, 0.3) is 0 Å². The van der Waals surface area contributed by atoms with Gasteiger partial charge >= 0.3 is 0 Å². The maximum absolute atomic E-state index is 12.5. The van der Waals surface area contributed by atoms with E-state index in [0.29, 0.717) is 5.69 Å². The average Bonchev–Trinajstić information content (AvgIpc) is 2.53. The lowest BCUT2D eigenvalue weighted by molar-refractivity contribution is 0.102. The van der Waals surface area contributed by atoms with Gasteiger partial charge in [0.15, 0.2) is 9.84 Å². The van der Waals surface area contributed by atoms with Gasteiger partial charge in [-0.1, -0.05) is 0 Å². The van der Waals surface area contributed by atoms with E-state index in [2.05, 4.69) is 5.32 Å². The van der Waals surface area contributed by atoms with Crippen LogP contribution in [0.5, 0.6) is 0 Å². The van der Waals surface area contributed by atoms with E-state index in [-0.39, 0.29) is 21.0 Å². The molecule has 0 atom stereocenters. The van der Waals surface area contributed by atoms with Crippen LogP contribution in [-0.2, 0) is 19.9 Å². The molecule has 0 spiro atoms. The van der Waals surface area contributed by atoms with Gasteiger partial charge < -0.3 is 10.2 Å². The lowest BCUT2D eigenvalue weighted by Crippen LogP contribution is -2.18. The summed E-state index contributed by atoms with van der Waals surface area (Å²) in [7, 11) is -3.81. The van der Waals surface area contributed by atoms with Crippen molar-refractivity contribution < 1.29 is 21.6 Å². The van der Waals surface area contributed by atoms with Gasteiger partial charge in [0.2, 0.25) is 10.0 Å². The number of primary sulfonamides is 1. The van der Waals surface area contributed by atoms with Crippen molar-refractivity contribution in [3.8, 4) is 0 Å². The molecule has 10 heteroatoms. The number of hydrogen-bond donors (Lipinski definition) is 2. The lowest BCUT2D eigenvalue weighted by Gasteiger charge is -2.19. The summed E-state index contributed by atoms with van der Waals surface area (Å²) in [5.41, 5.74) is 1.07. The Morgan fingerprint density at radius 2 is 1.50 bits per heavy atom. The number of nitrogens with zero attached hydrogens (tertiary/aromatic N) is 1. The molecule has 3 N–H and O–H groups in total. The Kier molecular flexibility index (Phi) is 5.40. The highest BCUT2D eigenvalue weighted by Gasteiger charge is 2.16. The smallest absolute Gasteiger partial charge is 0.255 e. The first-order valence-electron chi connectivity index (χ1n) is 7.35. The second kappa shape index (κ2) is 7.06. The fraction of sp³-hybridized carbons (Fsp3) is 0.188. The van der Waals surface area contributed by atoms with Crippen molar-refractivity contribution in [2.24, 2.45) is 5.14 Å². The summed E-state index contributed by atoms with van der Waals surface area (Å²) in [5.74, 6) is -0.514. The molecule has 0 heterocycles. The Balaban J connectivity index is 2.38. The van der Waals surface area contributed by atoms with Crippen LogP contribution in [0.2, 0.25) is 0 Å². The lowest BCUT2D eigenvalue weighted by atomic mass is 10.2. The first-order valence-corrected chi connectivity index (χ1v) is 10.8. The zero-order valence-corrected chi connectivity index (χ0v) is 16.1. The third-order valence-electron chi connectivity index (χ3n) is 3.57. The van der Waals surface area contributed by atoms with Crippen LogP contribution in [-0.4, -0.2) is 43.1 Å². The first kappa shape index (κ1) is 19.9. The molecular weight excluding hydrogens is 378 g/mol. The largest absolute Gasteiger partial charge is 0.376 e. The Morgan fingerprint density at radius 1 is 0.962 bits per heavy atom. The van der Waals surface area contributed by atoms with Gasteiger partial charge in [-0.05, 0) is 42.5 Å². The van der Waals surface area contributed by atoms with E-state index in [1.807, 2.05) is 0 Å². The molecule has 26 heavy (non-hydrogen) atoms. The third-order valence-corrected chi connectivity index (χ3v) is 5.61. The Bertz CT molecular complexity index is 1040. The number of carbonyl (C=O) groups is 1. The quantitative estimate of drug-likeness (QED) is 0.777. The minimum absolute atomic E-state index is 0.0965. The fourth-order valence-corrected chi connectivity index (χ4v) is 3.40. The van der Waals surface area contributed by atoms with Gasteiger partial charge in [0.05, 0.1) is 21.2 Å². The normalized spacial score (nSPS) is 11.8. The van der Waals surface area contributed by atoms with Crippen molar-refractivity contribution in [1.29, 1.82) is 0 Å². The summed E-state index contributed by atoms with van der Waals surface area (Å²) in [6.45, 7) is 0. The Labute approximate surface area is 152 Å². The average molecular weight is 397 g/mol. The molecule has 2 aromatic carbocycles. The summed E-state index contributed by atoms with van der Waals surface area (Å²) in [6.07, 6.45) is 1.07. The summed E-state index contributed by atoms with van der Waals surface area (Å²) < 4.78 is 46.1. The van der Waals surface area contributed by atoms with Crippen LogP contribution in [0.4, 0.5) is 11.4 Å². The van der Waals surface area contributed by atoms with Crippen molar-refractivity contribution in [3.05, 3.63) is 48.0 Å². The highest BCUT2D eigenvalue weighted by atomic mass is 32.2. The number of benzene rings is 2. The highest BCUT2D eigenvalue weighted by molar-refractivity contribution is 7.90. The molecular formula is C16H19N3O5S2. The molecule has 8 nitrogen and oxygen atoms in total. The molecule has 0 fully saturated rings. The van der Waals surface area contributed by atoms with Crippen molar-refractivity contribution >= 4 is 37.1 Å². The highest BCUT2D eigenvalue weighted by Crippen LogP contribution is 2.27. The number of nitrogens with one attached hydrogen (secondary N) is 1. The van der Waals surface area contributed by atoms with Crippen LogP contribution in [0.3, 0.4) is 0 Å². The maximum Gasteiger partial charge on any atom is 0.255 e. The number of carbonyl (C=O) groups excluding carboxylic acids is 1. The Morgan fingerprint density at radius 3 is 1.96 bits per heavy atom. The molecule has 0 radical (unpaired) electrons. The van der Waals surface area contributed by atoms with E-state index in [1.165, 1.54) is 42.5 Å². The van der Waals surface area contributed by atoms with E-state index in [0.717, 1.165) is 6.26 Å². The van der Waals surface area contributed by atoms with E-state index >= 15 is 0 Å². The van der Waals surface area contributed by atoms with E-state index < -0.39 is 25.8 Å². The van der Waals surface area contributed by atoms with Gasteiger partial charge in [-0.2, -0.15) is 0 Å². The third kappa shape index (κ3) is 4.59. The van der Waals surface area contributed by atoms with Crippen molar-refractivity contribution in [2.45, 2.75) is 9.79 Å². The van der Waals surface area contributed by atoms with Crippen LogP contribution in [0.1, 0.15) is 10.4 Å². The molecule has 0 aliphatic heterocycles. The van der Waals surface area contributed by atoms with Gasteiger partial charge in [0.25, 0.3) is 5.91 Å². The fourth-order valence-electron chi connectivity index (χ4n) is 2.23. The van der Waals surface area contributed by atoms with Gasteiger partial charge in [-0.25, -0.2) is 22.0 Å². The second-order valence-corrected chi connectivity index (χ2v) is 9.45. The zero-order chi connectivity index (χ0) is 19.7. The van der Waals surface area contributed by atoms with Crippen LogP contribution in [0, 0.1) is 0 Å². The molecule has 0 saturated heterocycles. The van der Waals surface area contributed by atoms with Crippen molar-refractivity contribution in [2.75, 3.05) is 30.6 Å². The topological polar surface area (TPSA) is 127 Å². The maximum atomic E-state index is 12.5. The van der Waals surface area contributed by atoms with Crippen LogP contribution < -0.4 is 15.4 Å². The molecule has 2 rings (SSSR count). The number of hydrogen-bond acceptors (Lipinski definition) is 6. The number of sulfone groups is 1. The molecule has 0 saturated carbocycles. The molecule has 2 aromatic rings. The van der Waals surface area contributed by atoms with Crippen LogP contribution in [0.15, 0.2) is 52.3 Å². The summed E-state index contributed by atoms with van der Waals surface area (Å²) >= 11 is 0. The monoisotopic (exact) mass is 397 g/mol. The minimum atomic E-state index is -3.93. The van der Waals surface area contributed by atoms with Gasteiger partial charge in [0, 0.05) is 25.9 Å².